The summed E-state index contributed by atoms with van der Waals surface area (Å²) >= 11 is 2.01. The van der Waals surface area contributed by atoms with Gasteiger partial charge >= 0.3 is 0 Å². The largest absolute Gasteiger partial charge is 1.00 e. The maximum absolute atomic E-state index is 3.41. The molecule has 2 nitrogen and oxygen atoms in total. The van der Waals surface area contributed by atoms with Gasteiger partial charge in [-0.25, -0.2) is 0 Å². The summed E-state index contributed by atoms with van der Waals surface area (Å²) in [6.45, 7) is 7.31. The Morgan fingerprint density at radius 1 is 1.55 bits per heavy atom. The Morgan fingerprint density at radius 2 is 2.27 bits per heavy atom. The van der Waals surface area contributed by atoms with Gasteiger partial charge in [-0.1, -0.05) is 0 Å². The summed E-state index contributed by atoms with van der Waals surface area (Å²) in [7, 11) is -0.973. The molecule has 0 unspecified atom stereocenters. The van der Waals surface area contributed by atoms with Gasteiger partial charge in [0.15, 0.2) is 0 Å². The smallest absolute Gasteiger partial charge is 0.291 e. The van der Waals surface area contributed by atoms with Crippen LogP contribution in [0.5, 0.6) is 0 Å². The Bertz CT molecular complexity index is 205. The molecule has 0 fully saturated rings. The van der Waals surface area contributed by atoms with E-state index in [9.17, 15) is 0 Å². The average molecular weight is 209 g/mol. The van der Waals surface area contributed by atoms with E-state index in [0.717, 1.165) is 0 Å². The summed E-state index contributed by atoms with van der Waals surface area (Å²) in [6.07, 6.45) is 0. The lowest BCUT2D eigenvalue weighted by atomic mass is 10.7. The topological polar surface area (TPSA) is 15.0 Å². The molecule has 0 saturated heterocycles. The molecule has 0 aromatic heterocycles. The van der Waals surface area contributed by atoms with Gasteiger partial charge in [0.05, 0.1) is 0 Å². The van der Waals surface area contributed by atoms with Crippen LogP contribution in [0.3, 0.4) is 0 Å². The maximum atomic E-state index is 3.41. The second kappa shape index (κ2) is 2.99. The number of halogens is 1. The minimum absolute atomic E-state index is 0. The number of amidine groups is 1. The van der Waals surface area contributed by atoms with Gasteiger partial charge in [-0.05, 0) is 24.9 Å². The van der Waals surface area contributed by atoms with Crippen LogP contribution in [-0.2, 0) is 0 Å². The molecule has 5 heteroatoms. The molecule has 2 aliphatic heterocycles. The molecule has 0 amide bonds. The Labute approximate surface area is 78.9 Å². The molecular formula is C6H13ClN2SSi. The quantitative estimate of drug-likeness (QED) is 0.442. The molecule has 0 aromatic rings. The highest BCUT2D eigenvalue weighted by Crippen LogP contribution is 2.23. The lowest BCUT2D eigenvalue weighted by Crippen LogP contribution is -3.00. The summed E-state index contributed by atoms with van der Waals surface area (Å²) in [5.41, 5.74) is 0. The van der Waals surface area contributed by atoms with Gasteiger partial charge < -0.3 is 16.6 Å². The van der Waals surface area contributed by atoms with Crippen LogP contribution < -0.4 is 17.7 Å². The Morgan fingerprint density at radius 3 is 2.91 bits per heavy atom. The van der Waals surface area contributed by atoms with Gasteiger partial charge in [0.1, 0.15) is 13.1 Å². The molecule has 2 rings (SSSR count). The van der Waals surface area contributed by atoms with Gasteiger partial charge in [-0.2, -0.15) is 0 Å². The second-order valence-electron chi connectivity index (χ2n) is 3.48. The molecule has 0 aromatic carbocycles. The molecule has 11 heavy (non-hydrogen) atoms. The van der Waals surface area contributed by atoms with Crippen molar-refractivity contribution >= 4 is 25.2 Å². The number of hydrogen-bond acceptors (Lipinski definition) is 2. The Balaban J connectivity index is 0.000000605. The first-order chi connectivity index (χ1) is 4.70. The molecule has 0 bridgehead atoms. The van der Waals surface area contributed by atoms with Crippen LogP contribution in [0.15, 0.2) is 0 Å². The minimum atomic E-state index is -0.973. The highest BCUT2D eigenvalue weighted by Gasteiger charge is 2.43. The van der Waals surface area contributed by atoms with Crippen LogP contribution >= 0.6 is 11.8 Å². The van der Waals surface area contributed by atoms with Crippen molar-refractivity contribution in [2.45, 2.75) is 13.1 Å². The fourth-order valence-electron chi connectivity index (χ4n) is 1.50. The van der Waals surface area contributed by atoms with Crippen molar-refractivity contribution in [2.24, 2.45) is 0 Å². The summed E-state index contributed by atoms with van der Waals surface area (Å²) in [5.74, 6) is 0. The molecule has 0 aliphatic carbocycles. The molecule has 2 aliphatic rings. The van der Waals surface area contributed by atoms with E-state index >= 15 is 0 Å². The minimum Gasteiger partial charge on any atom is -1.00 e. The highest BCUT2D eigenvalue weighted by molar-refractivity contribution is 8.15. The number of nitrogens with zero attached hydrogens (tertiary/aromatic N) is 1. The third kappa shape index (κ3) is 1.44. The van der Waals surface area contributed by atoms with Crippen molar-refractivity contribution in [3.63, 3.8) is 0 Å². The zero-order chi connectivity index (χ0) is 7.19. The number of rotatable bonds is 0. The van der Waals surface area contributed by atoms with Crippen LogP contribution in [-0.4, -0.2) is 36.1 Å². The fraction of sp³-hybridized carbons (Fsp3) is 0.833. The Kier molecular flexibility index (Phi) is 2.56. The van der Waals surface area contributed by atoms with Gasteiger partial charge in [0.2, 0.25) is 0 Å². The molecule has 1 N–H and O–H groups in total. The first kappa shape index (κ1) is 9.42. The van der Waals surface area contributed by atoms with E-state index in [1.807, 2.05) is 11.8 Å². The monoisotopic (exact) mass is 208 g/mol. The number of nitrogens with one attached hydrogen (secondary N) is 1. The van der Waals surface area contributed by atoms with Crippen LogP contribution in [0.1, 0.15) is 0 Å². The molecule has 64 valence electrons. The number of thioether (sulfide) groups is 1. The summed E-state index contributed by atoms with van der Waals surface area (Å²) in [6, 6.07) is 0. The van der Waals surface area contributed by atoms with Gasteiger partial charge in [-0.3, -0.25) is 5.32 Å². The van der Waals surface area contributed by atoms with Crippen molar-refractivity contribution in [3.8, 4) is 0 Å². The van der Waals surface area contributed by atoms with E-state index in [0.29, 0.717) is 0 Å². The van der Waals surface area contributed by atoms with Crippen molar-refractivity contribution in [2.75, 3.05) is 18.5 Å². The zero-order valence-corrected chi connectivity index (χ0v) is 9.43. The van der Waals surface area contributed by atoms with Crippen LogP contribution in [0.2, 0.25) is 13.1 Å². The zero-order valence-electron chi connectivity index (χ0n) is 6.85. The van der Waals surface area contributed by atoms with Crippen molar-refractivity contribution < 1.29 is 16.6 Å². The standard InChI is InChI=1S/C6H12N2SSi.ClH/c1-10(2)5-9-6-7-3-4-8(6)10;/h3-5H2,1-2H3;1H. The molecular weight excluding hydrogens is 196 g/mol. The third-order valence-electron chi connectivity index (χ3n) is 2.15. The fourth-order valence-corrected chi connectivity index (χ4v) is 6.82. The van der Waals surface area contributed by atoms with E-state index in [4.69, 9.17) is 0 Å². The van der Waals surface area contributed by atoms with Crippen LogP contribution in [0.25, 0.3) is 0 Å². The molecule has 2 heterocycles. The predicted octanol–water partition coefficient (Wildman–Crippen LogP) is -2.55. The third-order valence-corrected chi connectivity index (χ3v) is 8.26. The van der Waals surface area contributed by atoms with Gasteiger partial charge in [0, 0.05) is 5.38 Å². The highest BCUT2D eigenvalue weighted by atomic mass is 35.5. The molecule has 0 saturated carbocycles. The first-order valence-electron chi connectivity index (χ1n) is 3.71. The molecule has 0 radical (unpaired) electrons. The van der Waals surface area contributed by atoms with E-state index in [-0.39, 0.29) is 12.4 Å². The predicted molar refractivity (Wildman–Crippen MR) is 48.1 cm³/mol. The normalized spacial score (nSPS) is 26.0. The first-order valence-corrected chi connectivity index (χ1v) is 7.85. The lowest BCUT2D eigenvalue weighted by molar-refractivity contribution is -0.381. The van der Waals surface area contributed by atoms with Crippen molar-refractivity contribution in [3.05, 3.63) is 0 Å². The van der Waals surface area contributed by atoms with E-state index < -0.39 is 8.24 Å². The lowest BCUT2D eigenvalue weighted by Gasteiger charge is -2.12. The SMILES string of the molecule is C[Si]1(C)CSC2=[N+]1CCN2.[Cl-]. The van der Waals surface area contributed by atoms with E-state index in [2.05, 4.69) is 22.7 Å². The van der Waals surface area contributed by atoms with Gasteiger partial charge in [0.25, 0.3) is 13.4 Å². The average Bonchev–Trinajstić information content (AvgIpc) is 2.36. The summed E-state index contributed by atoms with van der Waals surface area (Å²) in [5, 5.41) is 6.24. The second-order valence-corrected chi connectivity index (χ2v) is 9.48. The summed E-state index contributed by atoms with van der Waals surface area (Å²) in [4.78, 5) is 0. The van der Waals surface area contributed by atoms with E-state index in [1.165, 1.54) is 23.6 Å². The van der Waals surface area contributed by atoms with E-state index in [1.54, 1.807) is 0 Å². The van der Waals surface area contributed by atoms with Crippen LogP contribution in [0, 0.1) is 0 Å². The molecule has 0 spiro atoms. The van der Waals surface area contributed by atoms with Crippen LogP contribution in [0.4, 0.5) is 0 Å². The number of hydrogen-bond donors (Lipinski definition) is 1. The summed E-state index contributed by atoms with van der Waals surface area (Å²) < 4.78 is 2.61. The Hall–Kier alpha value is 0.327. The van der Waals surface area contributed by atoms with Crippen molar-refractivity contribution in [1.82, 2.24) is 5.32 Å². The maximum Gasteiger partial charge on any atom is 0.291 e. The van der Waals surface area contributed by atoms with Gasteiger partial charge in [-0.15, -0.1) is 0 Å². The molecule has 0 atom stereocenters. The van der Waals surface area contributed by atoms with Crippen molar-refractivity contribution in [1.29, 1.82) is 0 Å².